The van der Waals surface area contributed by atoms with Crippen LogP contribution in [0.3, 0.4) is 0 Å². The number of benzene rings is 2. The van der Waals surface area contributed by atoms with E-state index in [4.69, 9.17) is 10.2 Å². The molecule has 0 aliphatic heterocycles. The van der Waals surface area contributed by atoms with E-state index in [9.17, 15) is 19.8 Å². The van der Waals surface area contributed by atoms with Crippen LogP contribution in [0.4, 0.5) is 0 Å². The largest absolute Gasteiger partial charge is 0.507 e. The number of unbranched alkanes of at least 4 members (excludes halogenated alkanes) is 3. The molecule has 0 heterocycles. The molecule has 2 aromatic carbocycles. The van der Waals surface area contributed by atoms with E-state index in [2.05, 4.69) is 10.6 Å². The van der Waals surface area contributed by atoms with Gasteiger partial charge in [-0.3, -0.25) is 0 Å². The molecule has 2 aromatic rings. The lowest BCUT2D eigenvalue weighted by Gasteiger charge is -2.08. The number of aromatic hydroxyl groups is 2. The van der Waals surface area contributed by atoms with Crippen molar-refractivity contribution in [3.63, 3.8) is 0 Å². The van der Waals surface area contributed by atoms with Crippen LogP contribution in [0.15, 0.2) is 36.4 Å². The normalized spacial score (nSPS) is 10.9. The smallest absolute Gasteiger partial charge is 0.339 e. The van der Waals surface area contributed by atoms with Crippen LogP contribution in [0.2, 0.25) is 0 Å². The standard InChI is InChI=1S/C24H32N2O6/c27-21-7-5-17(15-19(21)23(29)30)9-13-25-11-3-1-2-4-12-26-14-10-18-6-8-22(28)20(16-18)24(31)32/h5-8,15-16,25-28H,1-4,9-14H2,(H,29,30)(H,31,32). The Morgan fingerprint density at radius 2 is 1.03 bits per heavy atom. The molecule has 0 atom stereocenters. The second-order valence-corrected chi connectivity index (χ2v) is 7.73. The minimum absolute atomic E-state index is 0.0656. The van der Waals surface area contributed by atoms with Gasteiger partial charge in [0.05, 0.1) is 0 Å². The number of carbonyl (C=O) groups is 2. The van der Waals surface area contributed by atoms with Crippen molar-refractivity contribution in [2.24, 2.45) is 0 Å². The molecule has 6 N–H and O–H groups in total. The number of carboxylic acid groups (broad SMARTS) is 2. The molecule has 2 rings (SSSR count). The zero-order chi connectivity index (χ0) is 23.3. The Labute approximate surface area is 187 Å². The molecule has 0 saturated carbocycles. The van der Waals surface area contributed by atoms with Crippen LogP contribution in [-0.4, -0.2) is 58.5 Å². The first-order chi connectivity index (χ1) is 15.4. The maximum atomic E-state index is 11.0. The van der Waals surface area contributed by atoms with Crippen LogP contribution in [-0.2, 0) is 12.8 Å². The van der Waals surface area contributed by atoms with Gasteiger partial charge in [-0.1, -0.05) is 25.0 Å². The van der Waals surface area contributed by atoms with E-state index in [1.807, 2.05) is 0 Å². The molecule has 0 aliphatic rings. The summed E-state index contributed by atoms with van der Waals surface area (Å²) in [5.74, 6) is -2.67. The monoisotopic (exact) mass is 444 g/mol. The Bertz CT molecular complexity index is 827. The molecule has 0 saturated heterocycles. The molecule has 0 amide bonds. The molecule has 0 fully saturated rings. The molecule has 0 unspecified atom stereocenters. The van der Waals surface area contributed by atoms with E-state index in [0.29, 0.717) is 12.8 Å². The maximum Gasteiger partial charge on any atom is 0.339 e. The summed E-state index contributed by atoms with van der Waals surface area (Å²) in [4.78, 5) is 22.1. The molecule has 8 nitrogen and oxygen atoms in total. The minimum atomic E-state index is -1.13. The highest BCUT2D eigenvalue weighted by atomic mass is 16.4. The van der Waals surface area contributed by atoms with Crippen molar-refractivity contribution in [1.82, 2.24) is 10.6 Å². The summed E-state index contributed by atoms with van der Waals surface area (Å²) in [5.41, 5.74) is 1.63. The van der Waals surface area contributed by atoms with Gasteiger partial charge in [0.15, 0.2) is 0 Å². The Hall–Kier alpha value is -3.10. The van der Waals surface area contributed by atoms with Gasteiger partial charge in [-0.2, -0.15) is 0 Å². The van der Waals surface area contributed by atoms with Crippen molar-refractivity contribution in [2.45, 2.75) is 38.5 Å². The summed E-state index contributed by atoms with van der Waals surface area (Å²) in [6.07, 6.45) is 5.80. The summed E-state index contributed by atoms with van der Waals surface area (Å²) in [7, 11) is 0. The average Bonchev–Trinajstić information content (AvgIpc) is 2.76. The summed E-state index contributed by atoms with van der Waals surface area (Å²) >= 11 is 0. The van der Waals surface area contributed by atoms with Crippen molar-refractivity contribution in [2.75, 3.05) is 26.2 Å². The number of hydrogen-bond donors (Lipinski definition) is 6. The molecule has 8 heteroatoms. The molecule has 0 aliphatic carbocycles. The quantitative estimate of drug-likeness (QED) is 0.231. The first-order valence-corrected chi connectivity index (χ1v) is 10.9. The van der Waals surface area contributed by atoms with Crippen molar-refractivity contribution in [1.29, 1.82) is 0 Å². The van der Waals surface area contributed by atoms with Gasteiger partial charge in [-0.15, -0.1) is 0 Å². The van der Waals surface area contributed by atoms with Crippen molar-refractivity contribution >= 4 is 11.9 Å². The average molecular weight is 445 g/mol. The van der Waals surface area contributed by atoms with Crippen molar-refractivity contribution < 1.29 is 30.0 Å². The molecule has 0 radical (unpaired) electrons. The lowest BCUT2D eigenvalue weighted by atomic mass is 10.1. The lowest BCUT2D eigenvalue weighted by molar-refractivity contribution is 0.0682. The van der Waals surface area contributed by atoms with Crippen LogP contribution >= 0.6 is 0 Å². The van der Waals surface area contributed by atoms with E-state index in [1.54, 1.807) is 12.1 Å². The van der Waals surface area contributed by atoms with E-state index >= 15 is 0 Å². The number of phenols is 2. The van der Waals surface area contributed by atoms with Gasteiger partial charge in [0.1, 0.15) is 22.6 Å². The highest BCUT2D eigenvalue weighted by molar-refractivity contribution is 5.91. The summed E-state index contributed by atoms with van der Waals surface area (Å²) in [5, 5.41) is 43.8. The second-order valence-electron chi connectivity index (χ2n) is 7.73. The van der Waals surface area contributed by atoms with Crippen LogP contribution in [0, 0.1) is 0 Å². The zero-order valence-electron chi connectivity index (χ0n) is 18.1. The third kappa shape index (κ3) is 8.56. The van der Waals surface area contributed by atoms with E-state index in [1.165, 1.54) is 24.3 Å². The maximum absolute atomic E-state index is 11.0. The van der Waals surface area contributed by atoms with Crippen LogP contribution in [0.25, 0.3) is 0 Å². The topological polar surface area (TPSA) is 139 Å². The van der Waals surface area contributed by atoms with Crippen LogP contribution in [0.5, 0.6) is 11.5 Å². The predicted octanol–water partition coefficient (Wildman–Crippen LogP) is 3.02. The molecule has 32 heavy (non-hydrogen) atoms. The van der Waals surface area contributed by atoms with Gasteiger partial charge >= 0.3 is 11.9 Å². The number of nitrogens with one attached hydrogen (secondary N) is 2. The SMILES string of the molecule is O=C(O)c1cc(CCNCCCCCCNCCc2ccc(O)c(C(=O)O)c2)ccc1O. The Morgan fingerprint density at radius 1 is 0.625 bits per heavy atom. The lowest BCUT2D eigenvalue weighted by Crippen LogP contribution is -2.19. The predicted molar refractivity (Wildman–Crippen MR) is 122 cm³/mol. The molecule has 174 valence electrons. The number of aromatic carboxylic acids is 2. The fraction of sp³-hybridized carbons (Fsp3) is 0.417. The molecular weight excluding hydrogens is 412 g/mol. The van der Waals surface area contributed by atoms with Gasteiger partial charge in [0.25, 0.3) is 0 Å². The number of rotatable bonds is 15. The fourth-order valence-electron chi connectivity index (χ4n) is 3.39. The second kappa shape index (κ2) is 13.3. The first-order valence-electron chi connectivity index (χ1n) is 10.9. The Morgan fingerprint density at radius 3 is 1.41 bits per heavy atom. The van der Waals surface area contributed by atoms with Gasteiger partial charge < -0.3 is 31.1 Å². The summed E-state index contributed by atoms with van der Waals surface area (Å²) < 4.78 is 0. The molecule has 0 bridgehead atoms. The van der Waals surface area contributed by atoms with Gasteiger partial charge in [-0.25, -0.2) is 9.59 Å². The van der Waals surface area contributed by atoms with Gasteiger partial charge in [0.2, 0.25) is 0 Å². The third-order valence-electron chi connectivity index (χ3n) is 5.22. The van der Waals surface area contributed by atoms with E-state index in [0.717, 1.165) is 63.0 Å². The van der Waals surface area contributed by atoms with Crippen molar-refractivity contribution in [3.05, 3.63) is 58.7 Å². The van der Waals surface area contributed by atoms with Gasteiger partial charge in [0, 0.05) is 0 Å². The fourth-order valence-corrected chi connectivity index (χ4v) is 3.39. The first kappa shape index (κ1) is 25.2. The highest BCUT2D eigenvalue weighted by Crippen LogP contribution is 2.19. The van der Waals surface area contributed by atoms with Gasteiger partial charge in [-0.05, 0) is 87.3 Å². The van der Waals surface area contributed by atoms with E-state index in [-0.39, 0.29) is 22.6 Å². The molecule has 0 spiro atoms. The number of carboxylic acids is 2. The van der Waals surface area contributed by atoms with Crippen LogP contribution in [0.1, 0.15) is 57.5 Å². The van der Waals surface area contributed by atoms with Crippen LogP contribution < -0.4 is 10.6 Å². The highest BCUT2D eigenvalue weighted by Gasteiger charge is 2.10. The summed E-state index contributed by atoms with van der Waals surface area (Å²) in [6.45, 7) is 3.33. The Balaban J connectivity index is 1.47. The number of hydrogen-bond acceptors (Lipinski definition) is 6. The third-order valence-corrected chi connectivity index (χ3v) is 5.22. The van der Waals surface area contributed by atoms with Crippen molar-refractivity contribution in [3.8, 4) is 11.5 Å². The van der Waals surface area contributed by atoms with E-state index < -0.39 is 11.9 Å². The summed E-state index contributed by atoms with van der Waals surface area (Å²) in [6, 6.07) is 9.35. The minimum Gasteiger partial charge on any atom is -0.507 e. The zero-order valence-corrected chi connectivity index (χ0v) is 18.1. The Kier molecular flexibility index (Phi) is 10.5. The molecular formula is C24H32N2O6. The molecule has 0 aromatic heterocycles.